The summed E-state index contributed by atoms with van der Waals surface area (Å²) in [6, 6.07) is 17.7. The highest BCUT2D eigenvalue weighted by Gasteiger charge is 2.42. The van der Waals surface area contributed by atoms with Crippen molar-refractivity contribution < 1.29 is 14.4 Å². The number of nitrogens with zero attached hydrogens (tertiary/aromatic N) is 1. The highest BCUT2D eigenvalue weighted by atomic mass is 16.2. The number of pyridine rings is 1. The monoisotopic (exact) mass is 610 g/mol. The van der Waals surface area contributed by atoms with Crippen LogP contribution < -0.4 is 26.4 Å². The zero-order chi connectivity index (χ0) is 33.5. The summed E-state index contributed by atoms with van der Waals surface area (Å²) in [5, 5.41) is 11.6. The van der Waals surface area contributed by atoms with Gasteiger partial charge in [-0.05, 0) is 91.9 Å². The van der Waals surface area contributed by atoms with Crippen molar-refractivity contribution in [3.8, 4) is 11.8 Å². The number of rotatable bonds is 7. The Hall–Kier alpha value is -4.38. The lowest BCUT2D eigenvalue weighted by Crippen LogP contribution is -2.31. The van der Waals surface area contributed by atoms with Crippen LogP contribution in [0.1, 0.15) is 86.1 Å². The molecule has 0 unspecified atom stereocenters. The molecule has 1 heterocycles. The van der Waals surface area contributed by atoms with Gasteiger partial charge in [-0.25, -0.2) is 4.98 Å². The Bertz CT molecular complexity index is 1530. The Labute approximate surface area is 269 Å². The van der Waals surface area contributed by atoms with Crippen molar-refractivity contribution in [3.63, 3.8) is 0 Å². The molecule has 5 rings (SSSR count). The summed E-state index contributed by atoms with van der Waals surface area (Å²) in [6.45, 7) is 10.9. The van der Waals surface area contributed by atoms with E-state index in [2.05, 4.69) is 70.2 Å². The number of amides is 1. The Kier molecular flexibility index (Phi) is 19.0. The first-order valence-corrected chi connectivity index (χ1v) is 15.8. The van der Waals surface area contributed by atoms with Crippen molar-refractivity contribution in [1.82, 2.24) is 20.9 Å². The van der Waals surface area contributed by atoms with Gasteiger partial charge in [-0.3, -0.25) is 14.4 Å². The SMILES string of the molecule is CC.CC.CNC1(c2ccc3c(c2)=CCCC=3)CC1.CNCC#Cc1ncccc1C.O=CC(=O)NCc1ccccc1C=O. The Morgan fingerprint density at radius 1 is 0.933 bits per heavy atom. The van der Waals surface area contributed by atoms with Gasteiger partial charge in [-0.2, -0.15) is 0 Å². The molecule has 0 radical (unpaired) electrons. The van der Waals surface area contributed by atoms with Crippen molar-refractivity contribution >= 4 is 30.6 Å². The van der Waals surface area contributed by atoms with Gasteiger partial charge in [-0.1, -0.05) is 88.2 Å². The normalized spacial score (nSPS) is 12.5. The minimum atomic E-state index is -0.689. The lowest BCUT2D eigenvalue weighted by atomic mass is 10.00. The van der Waals surface area contributed by atoms with Crippen LogP contribution >= 0.6 is 0 Å². The number of nitrogens with one attached hydrogen (secondary N) is 3. The number of hydrogen-bond donors (Lipinski definition) is 3. The Morgan fingerprint density at radius 2 is 1.62 bits per heavy atom. The fraction of sp³-hybridized carbons (Fsp3) is 0.368. The summed E-state index contributed by atoms with van der Waals surface area (Å²) in [7, 11) is 3.95. The van der Waals surface area contributed by atoms with Crippen LogP contribution in [0.3, 0.4) is 0 Å². The summed E-state index contributed by atoms with van der Waals surface area (Å²) >= 11 is 0. The Balaban J connectivity index is 0.000000321. The molecule has 2 aliphatic carbocycles. The first kappa shape index (κ1) is 38.6. The van der Waals surface area contributed by atoms with Crippen molar-refractivity contribution in [2.24, 2.45) is 0 Å². The molecule has 45 heavy (non-hydrogen) atoms. The maximum Gasteiger partial charge on any atom is 0.284 e. The molecule has 7 heteroatoms. The molecule has 0 bridgehead atoms. The molecule has 1 fully saturated rings. The average Bonchev–Trinajstić information content (AvgIpc) is 3.92. The van der Waals surface area contributed by atoms with E-state index in [0.29, 0.717) is 29.5 Å². The van der Waals surface area contributed by atoms with Crippen LogP contribution in [0.25, 0.3) is 12.2 Å². The second kappa shape index (κ2) is 22.2. The lowest BCUT2D eigenvalue weighted by molar-refractivity contribution is -0.131. The van der Waals surface area contributed by atoms with Crippen LogP contribution in [0.15, 0.2) is 60.8 Å². The van der Waals surface area contributed by atoms with Crippen LogP contribution in [-0.4, -0.2) is 44.1 Å². The van der Waals surface area contributed by atoms with Crippen LogP contribution in [0.5, 0.6) is 0 Å². The molecular formula is C38H50N4O3. The molecule has 1 amide bonds. The quantitative estimate of drug-likeness (QED) is 0.206. The molecule has 1 aromatic heterocycles. The van der Waals surface area contributed by atoms with Crippen molar-refractivity contribution in [2.45, 2.75) is 72.4 Å². The fourth-order valence-electron chi connectivity index (χ4n) is 4.39. The minimum absolute atomic E-state index is 0.187. The number of hydrogen-bond acceptors (Lipinski definition) is 6. The zero-order valence-corrected chi connectivity index (χ0v) is 28.0. The van der Waals surface area contributed by atoms with Crippen LogP contribution in [0.2, 0.25) is 0 Å². The molecule has 0 aliphatic heterocycles. The van der Waals surface area contributed by atoms with E-state index >= 15 is 0 Å². The summed E-state index contributed by atoms with van der Waals surface area (Å²) < 4.78 is 0. The first-order valence-electron chi connectivity index (χ1n) is 15.8. The molecule has 3 N–H and O–H groups in total. The summed E-state index contributed by atoms with van der Waals surface area (Å²) in [5.41, 5.74) is 4.97. The number of aldehydes is 2. The zero-order valence-electron chi connectivity index (χ0n) is 28.0. The molecule has 3 aromatic rings. The van der Waals surface area contributed by atoms with Gasteiger partial charge in [0.25, 0.3) is 5.91 Å². The van der Waals surface area contributed by atoms with Gasteiger partial charge in [0, 0.05) is 23.8 Å². The summed E-state index contributed by atoms with van der Waals surface area (Å²) in [5.74, 6) is 5.27. The third kappa shape index (κ3) is 13.0. The molecule has 240 valence electrons. The topological polar surface area (TPSA) is 100 Å². The van der Waals surface area contributed by atoms with E-state index in [1.165, 1.54) is 41.7 Å². The van der Waals surface area contributed by atoms with Gasteiger partial charge < -0.3 is 16.0 Å². The number of carbonyl (C=O) groups excluding carboxylic acids is 3. The predicted octanol–water partition coefficient (Wildman–Crippen LogP) is 4.58. The van der Waals surface area contributed by atoms with E-state index in [-0.39, 0.29) is 12.8 Å². The van der Waals surface area contributed by atoms with E-state index in [1.54, 1.807) is 30.5 Å². The molecule has 7 nitrogen and oxygen atoms in total. The van der Waals surface area contributed by atoms with E-state index < -0.39 is 5.91 Å². The molecule has 0 spiro atoms. The molecular weight excluding hydrogens is 560 g/mol. The molecule has 0 atom stereocenters. The van der Waals surface area contributed by atoms with Crippen LogP contribution in [0, 0.1) is 18.8 Å². The molecule has 1 saturated carbocycles. The van der Waals surface area contributed by atoms with Gasteiger partial charge in [0.1, 0.15) is 12.0 Å². The second-order valence-corrected chi connectivity index (χ2v) is 9.81. The second-order valence-electron chi connectivity index (χ2n) is 9.81. The van der Waals surface area contributed by atoms with E-state index in [4.69, 9.17) is 0 Å². The molecule has 2 aliphatic rings. The number of carbonyl (C=O) groups is 3. The van der Waals surface area contributed by atoms with Crippen molar-refractivity contribution in [2.75, 3.05) is 20.6 Å². The number of benzene rings is 2. The predicted molar refractivity (Wildman–Crippen MR) is 186 cm³/mol. The van der Waals surface area contributed by atoms with Gasteiger partial charge in [-0.15, -0.1) is 0 Å². The number of aryl methyl sites for hydroxylation is 1. The van der Waals surface area contributed by atoms with Gasteiger partial charge in [0.05, 0.1) is 6.54 Å². The maximum atomic E-state index is 10.6. The van der Waals surface area contributed by atoms with E-state index in [9.17, 15) is 14.4 Å². The van der Waals surface area contributed by atoms with Crippen LogP contribution in [-0.2, 0) is 21.7 Å². The Morgan fingerprint density at radius 3 is 2.22 bits per heavy atom. The number of fused-ring (bicyclic) bond motifs is 1. The van der Waals surface area contributed by atoms with E-state index in [0.717, 1.165) is 11.3 Å². The maximum absolute atomic E-state index is 10.6. The largest absolute Gasteiger partial charge is 0.346 e. The fourth-order valence-corrected chi connectivity index (χ4v) is 4.39. The molecule has 0 saturated heterocycles. The highest BCUT2D eigenvalue weighted by molar-refractivity contribution is 6.23. The smallest absolute Gasteiger partial charge is 0.284 e. The van der Waals surface area contributed by atoms with Gasteiger partial charge in [0.15, 0.2) is 0 Å². The van der Waals surface area contributed by atoms with Crippen LogP contribution in [0.4, 0.5) is 0 Å². The summed E-state index contributed by atoms with van der Waals surface area (Å²) in [4.78, 5) is 35.3. The lowest BCUT2D eigenvalue weighted by Gasteiger charge is -2.15. The van der Waals surface area contributed by atoms with Gasteiger partial charge in [0.2, 0.25) is 6.29 Å². The minimum Gasteiger partial charge on any atom is -0.346 e. The average molecular weight is 611 g/mol. The van der Waals surface area contributed by atoms with E-state index in [1.807, 2.05) is 53.8 Å². The van der Waals surface area contributed by atoms with Gasteiger partial charge >= 0.3 is 0 Å². The van der Waals surface area contributed by atoms with Crippen molar-refractivity contribution in [3.05, 3.63) is 99.2 Å². The molecule has 2 aromatic carbocycles. The third-order valence-corrected chi connectivity index (χ3v) is 6.99. The summed E-state index contributed by atoms with van der Waals surface area (Å²) in [6.07, 6.45) is 12.3. The van der Waals surface area contributed by atoms with Crippen molar-refractivity contribution in [1.29, 1.82) is 0 Å². The third-order valence-electron chi connectivity index (χ3n) is 6.99. The standard InChI is InChI=1S/C14H17N.C10H12N2.C10H9NO3.2C2H6/c1-15-14(8-9-14)13-7-6-11-4-2-3-5-12(11)10-13;1-9-5-3-8-12-10(9)6-4-7-11-2;12-6-9-4-2-1-3-8(9)5-11-10(14)7-13;2*1-2/h4-7,10,15H,2-3,8-9H2,1H3;3,5,8,11H,7H2,1-2H3;1-4,6-7H,5H2,(H,11,14);2*1-2H3. The first-order chi connectivity index (χ1) is 22.0. The highest BCUT2D eigenvalue weighted by Crippen LogP contribution is 2.44. The number of aromatic nitrogens is 1.